The summed E-state index contributed by atoms with van der Waals surface area (Å²) < 4.78 is 44.0. The van der Waals surface area contributed by atoms with Crippen LogP contribution in [0.4, 0.5) is 9.59 Å². The van der Waals surface area contributed by atoms with E-state index in [2.05, 4.69) is 20.2 Å². The maximum Gasteiger partial charge on any atom is 0.410 e. The number of pyridine rings is 2. The number of imidazole rings is 1. The van der Waals surface area contributed by atoms with Crippen LogP contribution in [-0.4, -0.2) is 113 Å². The lowest BCUT2D eigenvalue weighted by Crippen LogP contribution is -2.42. The number of fused-ring (bicyclic) bond motifs is 2. The fourth-order valence-electron chi connectivity index (χ4n) is 6.89. The first-order valence-electron chi connectivity index (χ1n) is 19.0. The molecule has 5 aromatic rings. The third kappa shape index (κ3) is 8.65. The summed E-state index contributed by atoms with van der Waals surface area (Å²) in [5.41, 5.74) is 8.66. The number of amides is 2. The van der Waals surface area contributed by atoms with Gasteiger partial charge in [0.05, 0.1) is 30.7 Å². The largest absolute Gasteiger partial charge is 0.444 e. The van der Waals surface area contributed by atoms with Gasteiger partial charge in [0.2, 0.25) is 0 Å². The van der Waals surface area contributed by atoms with E-state index in [1.807, 2.05) is 58.5 Å². The van der Waals surface area contributed by atoms with E-state index in [0.29, 0.717) is 61.3 Å². The topological polar surface area (TPSA) is 197 Å². The van der Waals surface area contributed by atoms with Gasteiger partial charge >= 0.3 is 22.2 Å². The summed E-state index contributed by atoms with van der Waals surface area (Å²) in [4.78, 5) is 42.0. The van der Waals surface area contributed by atoms with Gasteiger partial charge in [0.15, 0.2) is 5.03 Å². The van der Waals surface area contributed by atoms with Gasteiger partial charge in [-0.3, -0.25) is 19.1 Å². The van der Waals surface area contributed by atoms with E-state index in [9.17, 15) is 18.0 Å². The third-order valence-electron chi connectivity index (χ3n) is 9.83. The molecule has 57 heavy (non-hydrogen) atoms. The fraction of sp³-hybridized carbons (Fsp3) is 0.462. The Morgan fingerprint density at radius 2 is 1.47 bits per heavy atom. The Morgan fingerprint density at radius 3 is 2.11 bits per heavy atom. The first kappa shape index (κ1) is 39.5. The van der Waals surface area contributed by atoms with Gasteiger partial charge in [0, 0.05) is 79.4 Å². The number of nitrogens with two attached hydrogens (primary N) is 1. The summed E-state index contributed by atoms with van der Waals surface area (Å²) in [5, 5.41) is 8.79. The van der Waals surface area contributed by atoms with Crippen molar-refractivity contribution in [2.45, 2.75) is 95.5 Å². The van der Waals surface area contributed by atoms with E-state index >= 15 is 0 Å². The lowest BCUT2D eigenvalue weighted by atomic mass is 10.1. The standard InChI is InChI=1S/C39H49N11O6S/c1-38(2,3)55-36(51)46-13-9-30(10-14-46)41-20-28(18-40)27-17-33-32(42-19-27)22-45-50(33)57(53,54)35-23-43-34-8-7-26(24-48(34)35)29-21-44-49(25-29)31-11-15-47(16-12-31)37(52)56-39(4,5)6/h7-8,17-25,30-31H,9-16,40H2,1-6H3. The van der Waals surface area contributed by atoms with Crippen LogP contribution in [0, 0.1) is 0 Å². The Bertz CT molecular complexity index is 2450. The number of carbonyl (C=O) groups excluding carboxylic acids is 2. The summed E-state index contributed by atoms with van der Waals surface area (Å²) in [6, 6.07) is 5.37. The van der Waals surface area contributed by atoms with Crippen molar-refractivity contribution >= 4 is 50.7 Å². The molecular weight excluding hydrogens is 751 g/mol. The van der Waals surface area contributed by atoms with E-state index in [1.165, 1.54) is 23.0 Å². The molecule has 2 aliphatic heterocycles. The Hall–Kier alpha value is -5.78. The second-order valence-electron chi connectivity index (χ2n) is 16.4. The molecule has 0 spiro atoms. The van der Waals surface area contributed by atoms with Gasteiger partial charge in [0.1, 0.15) is 27.9 Å². The minimum Gasteiger partial charge on any atom is -0.444 e. The van der Waals surface area contributed by atoms with Crippen LogP contribution >= 0.6 is 0 Å². The lowest BCUT2D eigenvalue weighted by molar-refractivity contribution is 0.0180. The van der Waals surface area contributed by atoms with Gasteiger partial charge in [-0.25, -0.2) is 14.6 Å². The van der Waals surface area contributed by atoms with Crippen molar-refractivity contribution in [3.05, 3.63) is 67.1 Å². The molecule has 7 heterocycles. The van der Waals surface area contributed by atoms with Gasteiger partial charge in [0.25, 0.3) is 0 Å². The maximum absolute atomic E-state index is 14.3. The number of rotatable bonds is 7. The molecule has 0 aromatic carbocycles. The number of hydrogen-bond donors (Lipinski definition) is 1. The van der Waals surface area contributed by atoms with Crippen LogP contribution < -0.4 is 5.73 Å². The highest BCUT2D eigenvalue weighted by Crippen LogP contribution is 2.29. The van der Waals surface area contributed by atoms with Crippen LogP contribution in [0.25, 0.3) is 33.4 Å². The van der Waals surface area contributed by atoms with Gasteiger partial charge in [-0.1, -0.05) is 0 Å². The normalized spacial score (nSPS) is 16.9. The van der Waals surface area contributed by atoms with Crippen molar-refractivity contribution in [1.82, 2.24) is 43.1 Å². The van der Waals surface area contributed by atoms with Crippen LogP contribution in [0.15, 0.2) is 71.6 Å². The highest BCUT2D eigenvalue weighted by atomic mass is 32.2. The molecule has 7 rings (SSSR count). The number of aliphatic imine (C=N–C) groups is 1. The number of aromatic nitrogens is 7. The van der Waals surface area contributed by atoms with Crippen LogP contribution in [0.1, 0.15) is 78.8 Å². The number of carbonyl (C=O) groups is 2. The fourth-order valence-corrected chi connectivity index (χ4v) is 8.23. The van der Waals surface area contributed by atoms with E-state index in [-0.39, 0.29) is 34.8 Å². The average molecular weight is 800 g/mol. The first-order chi connectivity index (χ1) is 27.0. The monoisotopic (exact) mass is 799 g/mol. The minimum absolute atomic E-state index is 0.0281. The molecule has 18 heteroatoms. The maximum atomic E-state index is 14.3. The predicted octanol–water partition coefficient (Wildman–Crippen LogP) is 5.52. The number of likely N-dealkylation sites (tertiary alicyclic amines) is 2. The highest BCUT2D eigenvalue weighted by molar-refractivity contribution is 7.90. The van der Waals surface area contributed by atoms with Crippen molar-refractivity contribution in [2.75, 3.05) is 26.2 Å². The van der Waals surface area contributed by atoms with E-state index in [4.69, 9.17) is 20.2 Å². The van der Waals surface area contributed by atoms with Crippen molar-refractivity contribution in [3.8, 4) is 11.1 Å². The van der Waals surface area contributed by atoms with Crippen molar-refractivity contribution < 1.29 is 27.5 Å². The lowest BCUT2D eigenvalue weighted by Gasteiger charge is -2.33. The predicted molar refractivity (Wildman–Crippen MR) is 214 cm³/mol. The molecule has 0 radical (unpaired) electrons. The molecule has 2 fully saturated rings. The molecule has 302 valence electrons. The summed E-state index contributed by atoms with van der Waals surface area (Å²) in [6.45, 7) is 13.3. The van der Waals surface area contributed by atoms with Crippen LogP contribution in [-0.2, 0) is 19.5 Å². The molecule has 2 aliphatic rings. The Morgan fingerprint density at radius 1 is 0.825 bits per heavy atom. The van der Waals surface area contributed by atoms with Crippen LogP contribution in [0.5, 0.6) is 0 Å². The zero-order valence-corrected chi connectivity index (χ0v) is 33.9. The molecule has 0 bridgehead atoms. The zero-order chi connectivity index (χ0) is 40.7. The molecule has 0 atom stereocenters. The number of allylic oxidation sites excluding steroid dienone is 1. The molecule has 5 aromatic heterocycles. The highest BCUT2D eigenvalue weighted by Gasteiger charge is 2.30. The van der Waals surface area contributed by atoms with Crippen molar-refractivity contribution in [3.63, 3.8) is 0 Å². The molecule has 2 saturated heterocycles. The summed E-state index contributed by atoms with van der Waals surface area (Å²) in [5.74, 6) is 0. The summed E-state index contributed by atoms with van der Waals surface area (Å²) >= 11 is 0. The number of ether oxygens (including phenoxy) is 2. The molecule has 2 amide bonds. The molecule has 17 nitrogen and oxygen atoms in total. The van der Waals surface area contributed by atoms with Gasteiger partial charge in [-0.05, 0) is 85.4 Å². The number of hydrogen-bond acceptors (Lipinski definition) is 12. The minimum atomic E-state index is -4.27. The third-order valence-corrected chi connectivity index (χ3v) is 11.4. The Balaban J connectivity index is 1.07. The van der Waals surface area contributed by atoms with Gasteiger partial charge < -0.3 is 25.0 Å². The molecular formula is C39H49N11O6S. The number of piperidine rings is 2. The van der Waals surface area contributed by atoms with Gasteiger partial charge in [-0.15, -0.1) is 0 Å². The van der Waals surface area contributed by atoms with Crippen LogP contribution in [0.3, 0.4) is 0 Å². The van der Waals surface area contributed by atoms with E-state index < -0.39 is 21.2 Å². The molecule has 2 N–H and O–H groups in total. The SMILES string of the molecule is CC(C)(C)OC(=O)N1CCC(N=CC(=CN)c2cnc3cnn(S(=O)(=O)c4cnc5ccc(-c6cnn(C7CCN(C(=O)OC(C)(C)C)CC7)c6)cn45)c3c2)CC1. The van der Waals surface area contributed by atoms with E-state index in [0.717, 1.165) is 28.1 Å². The van der Waals surface area contributed by atoms with Gasteiger partial charge in [-0.2, -0.15) is 22.7 Å². The van der Waals surface area contributed by atoms with Crippen LogP contribution in [0.2, 0.25) is 0 Å². The first-order valence-corrected chi connectivity index (χ1v) is 20.5. The quantitative estimate of drug-likeness (QED) is 0.204. The summed E-state index contributed by atoms with van der Waals surface area (Å²) in [6.07, 6.45) is 14.9. The molecule has 0 aliphatic carbocycles. The van der Waals surface area contributed by atoms with Crippen molar-refractivity contribution in [2.24, 2.45) is 10.7 Å². The summed E-state index contributed by atoms with van der Waals surface area (Å²) in [7, 11) is -4.27. The smallest absolute Gasteiger partial charge is 0.410 e. The number of nitrogens with zero attached hydrogens (tertiary/aromatic N) is 10. The molecule has 0 unspecified atom stereocenters. The zero-order valence-electron chi connectivity index (χ0n) is 33.1. The molecule has 0 saturated carbocycles. The van der Waals surface area contributed by atoms with Crippen molar-refractivity contribution in [1.29, 1.82) is 0 Å². The Labute approximate surface area is 331 Å². The average Bonchev–Trinajstić information content (AvgIpc) is 3.93. The van der Waals surface area contributed by atoms with E-state index in [1.54, 1.807) is 46.7 Å². The Kier molecular flexibility index (Phi) is 10.6. The second kappa shape index (κ2) is 15.3. The second-order valence-corrected chi connectivity index (χ2v) is 18.1.